The molecule has 0 unspecified atom stereocenters. The lowest BCUT2D eigenvalue weighted by Gasteiger charge is -2.30. The van der Waals surface area contributed by atoms with Crippen molar-refractivity contribution in [1.82, 2.24) is 9.21 Å². The molecule has 1 fully saturated rings. The Morgan fingerprint density at radius 1 is 1.21 bits per heavy atom. The van der Waals surface area contributed by atoms with Gasteiger partial charge in [-0.15, -0.1) is 0 Å². The number of benzene rings is 1. The molecule has 0 radical (unpaired) electrons. The van der Waals surface area contributed by atoms with Crippen LogP contribution in [0.15, 0.2) is 23.1 Å². The highest BCUT2D eigenvalue weighted by Gasteiger charge is 2.30. The fraction of sp³-hybridized carbons (Fsp3) is 0.611. The van der Waals surface area contributed by atoms with Crippen LogP contribution in [-0.2, 0) is 14.8 Å². The van der Waals surface area contributed by atoms with E-state index in [9.17, 15) is 23.3 Å². The van der Waals surface area contributed by atoms with Crippen molar-refractivity contribution in [3.63, 3.8) is 0 Å². The van der Waals surface area contributed by atoms with Crippen molar-refractivity contribution in [3.05, 3.63) is 28.3 Å². The fourth-order valence-corrected chi connectivity index (χ4v) is 4.92. The quantitative estimate of drug-likeness (QED) is 0.478. The third-order valence-electron chi connectivity index (χ3n) is 4.58. The molecule has 9 nitrogen and oxygen atoms in total. The molecule has 1 aliphatic rings. The minimum atomic E-state index is -3.78. The van der Waals surface area contributed by atoms with Gasteiger partial charge in [0.05, 0.1) is 9.82 Å². The summed E-state index contributed by atoms with van der Waals surface area (Å²) >= 11 is 0. The highest BCUT2D eigenvalue weighted by Crippen LogP contribution is 2.31. The normalized spacial score (nSPS) is 15.2. The van der Waals surface area contributed by atoms with Crippen LogP contribution in [0.3, 0.4) is 0 Å². The van der Waals surface area contributed by atoms with Crippen LogP contribution in [0.4, 0.5) is 5.69 Å². The molecule has 1 amide bonds. The zero-order valence-electron chi connectivity index (χ0n) is 16.6. The molecule has 10 heteroatoms. The van der Waals surface area contributed by atoms with E-state index < -0.39 is 20.6 Å². The summed E-state index contributed by atoms with van der Waals surface area (Å²) in [7, 11) is -3.78. The number of rotatable bonds is 8. The average Bonchev–Trinajstić information content (AvgIpc) is 3.14. The Bertz CT molecular complexity index is 824. The Morgan fingerprint density at radius 3 is 2.29 bits per heavy atom. The Balaban J connectivity index is 2.24. The number of sulfonamides is 1. The van der Waals surface area contributed by atoms with E-state index in [1.54, 1.807) is 4.90 Å². The van der Waals surface area contributed by atoms with Crippen molar-refractivity contribution in [3.8, 4) is 5.75 Å². The Morgan fingerprint density at radius 2 is 1.79 bits per heavy atom. The molecular weight excluding hydrogens is 386 g/mol. The predicted molar refractivity (Wildman–Crippen MR) is 104 cm³/mol. The first kappa shape index (κ1) is 22.1. The standard InChI is InChI=1S/C18H27N3O6S/c1-13(2)20(14(3)4)18(22)12-27-17-8-7-15(11-16(17)21(23)24)28(25,26)19-9-5-6-10-19/h7-8,11,13-14H,5-6,9-10,12H2,1-4H3. The molecule has 1 aliphatic heterocycles. The zero-order valence-corrected chi connectivity index (χ0v) is 17.4. The van der Waals surface area contributed by atoms with Gasteiger partial charge in [0.25, 0.3) is 5.91 Å². The molecule has 0 N–H and O–H groups in total. The molecule has 1 aromatic rings. The molecule has 0 aromatic heterocycles. The summed E-state index contributed by atoms with van der Waals surface area (Å²) in [5, 5.41) is 11.4. The van der Waals surface area contributed by atoms with E-state index >= 15 is 0 Å². The van der Waals surface area contributed by atoms with Crippen LogP contribution in [-0.4, -0.2) is 60.2 Å². The van der Waals surface area contributed by atoms with Crippen LogP contribution in [0, 0.1) is 10.1 Å². The lowest BCUT2D eigenvalue weighted by Crippen LogP contribution is -2.44. The van der Waals surface area contributed by atoms with E-state index in [-0.39, 0.29) is 35.2 Å². The Hall–Kier alpha value is -2.20. The van der Waals surface area contributed by atoms with Crippen molar-refractivity contribution in [1.29, 1.82) is 0 Å². The molecule has 0 aliphatic carbocycles. The maximum absolute atomic E-state index is 12.6. The summed E-state index contributed by atoms with van der Waals surface area (Å²) in [5.41, 5.74) is -0.478. The van der Waals surface area contributed by atoms with Crippen LogP contribution in [0.1, 0.15) is 40.5 Å². The molecule has 0 bridgehead atoms. The highest BCUT2D eigenvalue weighted by molar-refractivity contribution is 7.89. The van der Waals surface area contributed by atoms with Crippen LogP contribution < -0.4 is 4.74 Å². The number of nitro groups is 1. The number of hydrogen-bond donors (Lipinski definition) is 0. The molecule has 1 heterocycles. The molecule has 0 atom stereocenters. The monoisotopic (exact) mass is 413 g/mol. The summed E-state index contributed by atoms with van der Waals surface area (Å²) in [4.78, 5) is 24.6. The topological polar surface area (TPSA) is 110 Å². The van der Waals surface area contributed by atoms with E-state index in [1.807, 2.05) is 27.7 Å². The van der Waals surface area contributed by atoms with Crippen LogP contribution in [0.25, 0.3) is 0 Å². The first-order valence-corrected chi connectivity index (χ1v) is 10.7. The van der Waals surface area contributed by atoms with Gasteiger partial charge in [-0.1, -0.05) is 0 Å². The molecule has 1 aromatic carbocycles. The van der Waals surface area contributed by atoms with Gasteiger partial charge in [0.15, 0.2) is 12.4 Å². The van der Waals surface area contributed by atoms with E-state index in [0.717, 1.165) is 18.9 Å². The second-order valence-corrected chi connectivity index (χ2v) is 9.21. The molecule has 28 heavy (non-hydrogen) atoms. The number of nitro benzene ring substituents is 1. The van der Waals surface area contributed by atoms with Gasteiger partial charge in [0.2, 0.25) is 10.0 Å². The lowest BCUT2D eigenvalue weighted by atomic mass is 10.2. The van der Waals surface area contributed by atoms with Crippen molar-refractivity contribution in [2.75, 3.05) is 19.7 Å². The zero-order chi connectivity index (χ0) is 21.1. The summed E-state index contributed by atoms with van der Waals surface area (Å²) in [6, 6.07) is 3.43. The molecular formula is C18H27N3O6S. The average molecular weight is 413 g/mol. The van der Waals surface area contributed by atoms with Gasteiger partial charge in [0, 0.05) is 31.2 Å². The smallest absolute Gasteiger partial charge is 0.312 e. The fourth-order valence-electron chi connectivity index (χ4n) is 3.39. The summed E-state index contributed by atoms with van der Waals surface area (Å²) in [6.07, 6.45) is 1.54. The van der Waals surface area contributed by atoms with Crippen molar-refractivity contribution < 1.29 is 22.9 Å². The molecule has 0 spiro atoms. The molecule has 156 valence electrons. The third kappa shape index (κ3) is 4.79. The molecule has 0 saturated carbocycles. The van der Waals surface area contributed by atoms with E-state index in [1.165, 1.54) is 16.4 Å². The number of hydrogen-bond acceptors (Lipinski definition) is 6. The number of carbonyl (C=O) groups is 1. The van der Waals surface area contributed by atoms with Crippen LogP contribution >= 0.6 is 0 Å². The van der Waals surface area contributed by atoms with E-state index in [2.05, 4.69) is 0 Å². The van der Waals surface area contributed by atoms with Gasteiger partial charge in [-0.3, -0.25) is 14.9 Å². The van der Waals surface area contributed by atoms with Gasteiger partial charge in [-0.05, 0) is 52.7 Å². The highest BCUT2D eigenvalue weighted by atomic mass is 32.2. The summed E-state index contributed by atoms with van der Waals surface area (Å²) in [5.74, 6) is -0.431. The van der Waals surface area contributed by atoms with Crippen molar-refractivity contribution in [2.24, 2.45) is 0 Å². The maximum atomic E-state index is 12.6. The van der Waals surface area contributed by atoms with Crippen molar-refractivity contribution in [2.45, 2.75) is 57.5 Å². The van der Waals surface area contributed by atoms with Gasteiger partial charge >= 0.3 is 5.69 Å². The molecule has 1 saturated heterocycles. The lowest BCUT2D eigenvalue weighted by molar-refractivity contribution is -0.386. The number of nitrogens with zero attached hydrogens (tertiary/aromatic N) is 3. The molecule has 2 rings (SSSR count). The largest absolute Gasteiger partial charge is 0.477 e. The van der Waals surface area contributed by atoms with E-state index in [0.29, 0.717) is 13.1 Å². The first-order chi connectivity index (χ1) is 13.1. The maximum Gasteiger partial charge on any atom is 0.312 e. The third-order valence-corrected chi connectivity index (χ3v) is 6.48. The second kappa shape index (κ2) is 8.87. The van der Waals surface area contributed by atoms with Gasteiger partial charge < -0.3 is 9.64 Å². The first-order valence-electron chi connectivity index (χ1n) is 9.28. The Labute approximate surface area is 165 Å². The Kier molecular flexibility index (Phi) is 7.00. The van der Waals surface area contributed by atoms with Gasteiger partial charge in [-0.25, -0.2) is 8.42 Å². The second-order valence-electron chi connectivity index (χ2n) is 7.28. The number of amides is 1. The van der Waals surface area contributed by atoms with Crippen molar-refractivity contribution >= 4 is 21.6 Å². The minimum Gasteiger partial charge on any atom is -0.477 e. The number of ether oxygens (including phenoxy) is 1. The summed E-state index contributed by atoms with van der Waals surface area (Å²) < 4.78 is 32.0. The minimum absolute atomic E-state index is 0.0425. The van der Waals surface area contributed by atoms with Crippen LogP contribution in [0.2, 0.25) is 0 Å². The van der Waals surface area contributed by atoms with Crippen LogP contribution in [0.5, 0.6) is 5.75 Å². The van der Waals surface area contributed by atoms with E-state index in [4.69, 9.17) is 4.74 Å². The summed E-state index contributed by atoms with van der Waals surface area (Å²) in [6.45, 7) is 7.94. The predicted octanol–water partition coefficient (Wildman–Crippen LogP) is 2.40. The van der Waals surface area contributed by atoms with Gasteiger partial charge in [0.1, 0.15) is 0 Å². The van der Waals surface area contributed by atoms with Gasteiger partial charge in [-0.2, -0.15) is 4.31 Å². The SMILES string of the molecule is CC(C)N(C(=O)COc1ccc(S(=O)(=O)N2CCCC2)cc1[N+](=O)[O-])C(C)C. The number of carbonyl (C=O) groups excluding carboxylic acids is 1.